The maximum absolute atomic E-state index is 5.44. The van der Waals surface area contributed by atoms with Gasteiger partial charge in [-0.2, -0.15) is 0 Å². The highest BCUT2D eigenvalue weighted by Gasteiger charge is 2.24. The number of nitrogens with one attached hydrogen (secondary N) is 1. The maximum Gasteiger partial charge on any atom is 0.0876 e. The Hall–Kier alpha value is -0.500. The van der Waals surface area contributed by atoms with Crippen molar-refractivity contribution in [3.05, 3.63) is 11.8 Å². The van der Waals surface area contributed by atoms with Crippen molar-refractivity contribution in [2.75, 3.05) is 13.2 Å². The molecule has 0 aromatic rings. The summed E-state index contributed by atoms with van der Waals surface area (Å²) in [5.74, 6) is 1.37. The Morgan fingerprint density at radius 2 is 2.13 bits per heavy atom. The molecular formula is C13H25NO. The number of ether oxygens (including phenoxy) is 1. The summed E-state index contributed by atoms with van der Waals surface area (Å²) in [7, 11) is 0. The van der Waals surface area contributed by atoms with Crippen molar-refractivity contribution in [1.82, 2.24) is 5.32 Å². The lowest BCUT2D eigenvalue weighted by Crippen LogP contribution is -2.39. The molecule has 0 aromatic heterocycles. The van der Waals surface area contributed by atoms with E-state index in [9.17, 15) is 0 Å². The molecule has 0 aromatic carbocycles. The van der Waals surface area contributed by atoms with Crippen LogP contribution in [-0.2, 0) is 4.74 Å². The fourth-order valence-corrected chi connectivity index (χ4v) is 2.07. The Labute approximate surface area is 94.1 Å². The van der Waals surface area contributed by atoms with E-state index >= 15 is 0 Å². The molecular weight excluding hydrogens is 186 g/mol. The molecule has 0 fully saturated rings. The Morgan fingerprint density at radius 3 is 2.60 bits per heavy atom. The molecule has 1 heterocycles. The molecule has 1 N–H and O–H groups in total. The third-order valence-electron chi connectivity index (χ3n) is 3.36. The molecule has 1 aliphatic rings. The Balaban J connectivity index is 2.67. The number of hydrogen-bond acceptors (Lipinski definition) is 2. The summed E-state index contributed by atoms with van der Waals surface area (Å²) in [4.78, 5) is 0. The van der Waals surface area contributed by atoms with Gasteiger partial charge in [-0.05, 0) is 36.8 Å². The van der Waals surface area contributed by atoms with Gasteiger partial charge < -0.3 is 10.1 Å². The first-order valence-corrected chi connectivity index (χ1v) is 6.20. The highest BCUT2D eigenvalue weighted by molar-refractivity contribution is 5.11. The topological polar surface area (TPSA) is 21.3 Å². The predicted molar refractivity (Wildman–Crippen MR) is 64.7 cm³/mol. The Kier molecular flexibility index (Phi) is 5.16. The number of hydrogen-bond donors (Lipinski definition) is 1. The standard InChI is InChI=1S/C13H25NO/c1-5-14-13(11(4)10(2)3)12-7-6-8-15-9-12/h9-11,13-14H,5-8H2,1-4H3. The van der Waals surface area contributed by atoms with Crippen LogP contribution in [0.3, 0.4) is 0 Å². The molecule has 0 amide bonds. The van der Waals surface area contributed by atoms with Gasteiger partial charge in [0.2, 0.25) is 0 Å². The van der Waals surface area contributed by atoms with Crippen LogP contribution >= 0.6 is 0 Å². The molecule has 2 heteroatoms. The van der Waals surface area contributed by atoms with E-state index in [1.54, 1.807) is 0 Å². The number of rotatable bonds is 5. The normalized spacial score (nSPS) is 20.7. The van der Waals surface area contributed by atoms with E-state index in [4.69, 9.17) is 4.74 Å². The molecule has 1 rings (SSSR count). The van der Waals surface area contributed by atoms with E-state index in [-0.39, 0.29) is 0 Å². The molecule has 2 unspecified atom stereocenters. The fourth-order valence-electron chi connectivity index (χ4n) is 2.07. The molecule has 2 atom stereocenters. The molecule has 0 saturated carbocycles. The van der Waals surface area contributed by atoms with Gasteiger partial charge in [-0.3, -0.25) is 0 Å². The van der Waals surface area contributed by atoms with Crippen LogP contribution in [0.2, 0.25) is 0 Å². The molecule has 0 saturated heterocycles. The van der Waals surface area contributed by atoms with Crippen molar-refractivity contribution in [2.45, 2.75) is 46.6 Å². The zero-order chi connectivity index (χ0) is 11.3. The van der Waals surface area contributed by atoms with Gasteiger partial charge in [0, 0.05) is 6.04 Å². The molecule has 1 aliphatic heterocycles. The van der Waals surface area contributed by atoms with Gasteiger partial charge in [0.05, 0.1) is 12.9 Å². The third kappa shape index (κ3) is 3.53. The first-order chi connectivity index (χ1) is 7.16. The van der Waals surface area contributed by atoms with Crippen LogP contribution in [0.4, 0.5) is 0 Å². The summed E-state index contributed by atoms with van der Waals surface area (Å²) in [6, 6.07) is 0.496. The lowest BCUT2D eigenvalue weighted by molar-refractivity contribution is 0.210. The van der Waals surface area contributed by atoms with Crippen LogP contribution in [0.15, 0.2) is 11.8 Å². The van der Waals surface area contributed by atoms with Crippen LogP contribution in [0.1, 0.15) is 40.5 Å². The van der Waals surface area contributed by atoms with Gasteiger partial charge >= 0.3 is 0 Å². The summed E-state index contributed by atoms with van der Waals surface area (Å²) in [6.07, 6.45) is 4.34. The minimum absolute atomic E-state index is 0.496. The quantitative estimate of drug-likeness (QED) is 0.755. The van der Waals surface area contributed by atoms with E-state index in [0.717, 1.165) is 13.2 Å². The van der Waals surface area contributed by atoms with Crippen molar-refractivity contribution in [1.29, 1.82) is 0 Å². The minimum atomic E-state index is 0.496. The highest BCUT2D eigenvalue weighted by atomic mass is 16.5. The molecule has 88 valence electrons. The Bertz CT molecular complexity index is 211. The van der Waals surface area contributed by atoms with E-state index in [2.05, 4.69) is 33.0 Å². The van der Waals surface area contributed by atoms with Crippen LogP contribution in [0, 0.1) is 11.8 Å². The van der Waals surface area contributed by atoms with E-state index in [0.29, 0.717) is 17.9 Å². The minimum Gasteiger partial charge on any atom is -0.501 e. The second-order valence-electron chi connectivity index (χ2n) is 4.81. The summed E-state index contributed by atoms with van der Waals surface area (Å²) in [6.45, 7) is 11.0. The molecule has 0 spiro atoms. The molecule has 15 heavy (non-hydrogen) atoms. The maximum atomic E-state index is 5.44. The van der Waals surface area contributed by atoms with Crippen molar-refractivity contribution >= 4 is 0 Å². The lowest BCUT2D eigenvalue weighted by atomic mass is 9.84. The highest BCUT2D eigenvalue weighted by Crippen LogP contribution is 2.25. The SMILES string of the molecule is CCNC(C1=COCCC1)C(C)C(C)C. The summed E-state index contributed by atoms with van der Waals surface area (Å²) in [5.41, 5.74) is 1.45. The second kappa shape index (κ2) is 6.16. The fraction of sp³-hybridized carbons (Fsp3) is 0.846. The smallest absolute Gasteiger partial charge is 0.0876 e. The average molecular weight is 211 g/mol. The average Bonchev–Trinajstić information content (AvgIpc) is 2.26. The van der Waals surface area contributed by atoms with Gasteiger partial charge in [-0.15, -0.1) is 0 Å². The first-order valence-electron chi connectivity index (χ1n) is 6.20. The monoisotopic (exact) mass is 211 g/mol. The Morgan fingerprint density at radius 1 is 1.40 bits per heavy atom. The van der Waals surface area contributed by atoms with Crippen LogP contribution in [0.5, 0.6) is 0 Å². The van der Waals surface area contributed by atoms with Gasteiger partial charge in [0.25, 0.3) is 0 Å². The van der Waals surface area contributed by atoms with Gasteiger partial charge in [0.1, 0.15) is 0 Å². The van der Waals surface area contributed by atoms with E-state index < -0.39 is 0 Å². The molecule has 0 radical (unpaired) electrons. The van der Waals surface area contributed by atoms with Gasteiger partial charge in [-0.25, -0.2) is 0 Å². The largest absolute Gasteiger partial charge is 0.501 e. The summed E-state index contributed by atoms with van der Waals surface area (Å²) < 4.78 is 5.44. The molecule has 2 nitrogen and oxygen atoms in total. The second-order valence-corrected chi connectivity index (χ2v) is 4.81. The summed E-state index contributed by atoms with van der Waals surface area (Å²) >= 11 is 0. The van der Waals surface area contributed by atoms with Crippen molar-refractivity contribution < 1.29 is 4.74 Å². The van der Waals surface area contributed by atoms with Gasteiger partial charge in [-0.1, -0.05) is 27.7 Å². The zero-order valence-electron chi connectivity index (χ0n) is 10.5. The number of likely N-dealkylation sites (N-methyl/N-ethyl adjacent to an activating group) is 1. The van der Waals surface area contributed by atoms with Crippen LogP contribution < -0.4 is 5.32 Å². The molecule has 0 aliphatic carbocycles. The summed E-state index contributed by atoms with van der Waals surface area (Å²) in [5, 5.41) is 3.59. The van der Waals surface area contributed by atoms with Crippen LogP contribution in [0.25, 0.3) is 0 Å². The van der Waals surface area contributed by atoms with Crippen LogP contribution in [-0.4, -0.2) is 19.2 Å². The van der Waals surface area contributed by atoms with Gasteiger partial charge in [0.15, 0.2) is 0 Å². The predicted octanol–water partition coefficient (Wildman–Crippen LogP) is 2.95. The molecule has 0 bridgehead atoms. The van der Waals surface area contributed by atoms with E-state index in [1.807, 2.05) is 6.26 Å². The third-order valence-corrected chi connectivity index (χ3v) is 3.36. The van der Waals surface area contributed by atoms with Crippen molar-refractivity contribution in [2.24, 2.45) is 11.8 Å². The van der Waals surface area contributed by atoms with E-state index in [1.165, 1.54) is 18.4 Å². The van der Waals surface area contributed by atoms with Crippen molar-refractivity contribution in [3.63, 3.8) is 0 Å². The first kappa shape index (κ1) is 12.6. The van der Waals surface area contributed by atoms with Crippen molar-refractivity contribution in [3.8, 4) is 0 Å². The zero-order valence-corrected chi connectivity index (χ0v) is 10.5. The lowest BCUT2D eigenvalue weighted by Gasteiger charge is -2.31.